The molecule has 2 aromatic rings. The number of nitrogens with zero attached hydrogens (tertiary/aromatic N) is 4. The maximum atomic E-state index is 13.4. The van der Waals surface area contributed by atoms with Gasteiger partial charge in [0.15, 0.2) is 0 Å². The van der Waals surface area contributed by atoms with Gasteiger partial charge < -0.3 is 14.4 Å². The fourth-order valence-electron chi connectivity index (χ4n) is 4.27. The summed E-state index contributed by atoms with van der Waals surface area (Å²) in [4.78, 5) is 30.4. The van der Waals surface area contributed by atoms with Gasteiger partial charge in [0.25, 0.3) is 5.56 Å². The molecule has 0 aromatic heterocycles. The van der Waals surface area contributed by atoms with Crippen molar-refractivity contribution < 1.29 is 14.3 Å². The minimum absolute atomic E-state index is 0. The number of rotatable bonds is 5. The van der Waals surface area contributed by atoms with Crippen LogP contribution in [0.1, 0.15) is 5.76 Å². The van der Waals surface area contributed by atoms with Crippen molar-refractivity contribution in [2.24, 2.45) is 0 Å². The first-order valence-electron chi connectivity index (χ1n) is 10.9. The van der Waals surface area contributed by atoms with E-state index in [-0.39, 0.29) is 36.9 Å². The molecule has 1 amide bonds. The molecular formula is C24H24Cl2N4O4. The van der Waals surface area contributed by atoms with Gasteiger partial charge in [-0.25, -0.2) is 0 Å². The second-order valence-corrected chi connectivity index (χ2v) is 8.50. The van der Waals surface area contributed by atoms with Crippen LogP contribution in [-0.2, 0) is 11.2 Å². The van der Waals surface area contributed by atoms with Gasteiger partial charge in [-0.2, -0.15) is 9.78 Å². The van der Waals surface area contributed by atoms with Crippen LogP contribution in [0.15, 0.2) is 57.7 Å². The summed E-state index contributed by atoms with van der Waals surface area (Å²) in [5, 5.41) is 15.0. The SMILES string of the molecule is Cl.O=C(Cc1oc2ccccc2c2nn(-c3ccc(Cl)cc3)c(=O)c1-2)N1CCN(CCO)CC1. The van der Waals surface area contributed by atoms with Crippen molar-refractivity contribution in [1.82, 2.24) is 19.6 Å². The van der Waals surface area contributed by atoms with E-state index in [0.29, 0.717) is 71.4 Å². The number of halogens is 2. The highest BCUT2D eigenvalue weighted by molar-refractivity contribution is 6.30. The van der Waals surface area contributed by atoms with Crippen molar-refractivity contribution in [2.75, 3.05) is 39.3 Å². The Labute approximate surface area is 207 Å². The standard InChI is InChI=1S/C24H23ClN4O4.ClH/c25-16-5-7-17(8-6-16)29-24(32)22-20(33-19-4-2-1-3-18(19)23(22)26-29)15-21(31)28-11-9-27(10-12-28)13-14-30;/h1-8,30H,9-15H2;1H. The van der Waals surface area contributed by atoms with Crippen molar-refractivity contribution in [2.45, 2.75) is 6.42 Å². The van der Waals surface area contributed by atoms with Crippen molar-refractivity contribution >= 4 is 40.9 Å². The highest BCUT2D eigenvalue weighted by Gasteiger charge is 2.28. The van der Waals surface area contributed by atoms with E-state index in [9.17, 15) is 9.59 Å². The van der Waals surface area contributed by atoms with E-state index in [2.05, 4.69) is 10.00 Å². The van der Waals surface area contributed by atoms with Gasteiger partial charge in [0.2, 0.25) is 5.91 Å². The first-order chi connectivity index (χ1) is 16.0. The molecule has 0 atom stereocenters. The molecule has 0 spiro atoms. The highest BCUT2D eigenvalue weighted by atomic mass is 35.5. The Morgan fingerprint density at radius 3 is 2.47 bits per heavy atom. The lowest BCUT2D eigenvalue weighted by Gasteiger charge is -2.34. The molecular weight excluding hydrogens is 479 g/mol. The molecule has 3 aliphatic rings. The van der Waals surface area contributed by atoms with Crippen molar-refractivity contribution in [3.8, 4) is 16.9 Å². The van der Waals surface area contributed by atoms with Crippen molar-refractivity contribution in [1.29, 1.82) is 0 Å². The number of carbonyl (C=O) groups is 1. The first kappa shape index (κ1) is 24.2. The molecule has 5 rings (SSSR count). The lowest BCUT2D eigenvalue weighted by Crippen LogP contribution is -2.49. The number of aromatic nitrogens is 2. The van der Waals surface area contributed by atoms with E-state index in [1.54, 1.807) is 29.2 Å². The Bertz CT molecular complexity index is 1330. The molecule has 3 heterocycles. The molecule has 2 aromatic carbocycles. The molecule has 0 bridgehead atoms. The zero-order valence-corrected chi connectivity index (χ0v) is 19.9. The Kier molecular flexibility index (Phi) is 7.23. The average molecular weight is 503 g/mol. The van der Waals surface area contributed by atoms with Crippen molar-refractivity contribution in [3.63, 3.8) is 0 Å². The largest absolute Gasteiger partial charge is 0.460 e. The maximum absolute atomic E-state index is 13.4. The first-order valence-corrected chi connectivity index (χ1v) is 11.2. The second kappa shape index (κ2) is 10.1. The van der Waals surface area contributed by atoms with E-state index in [0.717, 1.165) is 0 Å². The summed E-state index contributed by atoms with van der Waals surface area (Å²) in [5.74, 6) is 0.217. The summed E-state index contributed by atoms with van der Waals surface area (Å²) in [6.45, 7) is 3.27. The number of aliphatic hydroxyl groups excluding tert-OH is 1. The molecule has 10 heteroatoms. The normalized spacial score (nSPS) is 14.5. The van der Waals surface area contributed by atoms with Gasteiger partial charge in [-0.3, -0.25) is 14.5 Å². The third-order valence-electron chi connectivity index (χ3n) is 6.02. The predicted octanol–water partition coefficient (Wildman–Crippen LogP) is 2.84. The molecule has 1 fully saturated rings. The number of piperazine rings is 1. The van der Waals surface area contributed by atoms with E-state index in [1.165, 1.54) is 4.68 Å². The number of fused-ring (bicyclic) bond motifs is 3. The average Bonchev–Trinajstić information content (AvgIpc) is 3.18. The second-order valence-electron chi connectivity index (χ2n) is 8.06. The van der Waals surface area contributed by atoms with E-state index in [4.69, 9.17) is 21.1 Å². The Balaban J connectivity index is 0.00000274. The quantitative estimate of drug-likeness (QED) is 0.451. The van der Waals surface area contributed by atoms with E-state index >= 15 is 0 Å². The van der Waals surface area contributed by atoms with E-state index < -0.39 is 0 Å². The minimum atomic E-state index is -0.336. The van der Waals surface area contributed by atoms with Gasteiger partial charge in [-0.05, 0) is 36.4 Å². The Morgan fingerprint density at radius 1 is 1.06 bits per heavy atom. The van der Waals surface area contributed by atoms with Gasteiger partial charge in [0.1, 0.15) is 22.6 Å². The molecule has 1 N–H and O–H groups in total. The molecule has 0 saturated carbocycles. The molecule has 0 unspecified atom stereocenters. The summed E-state index contributed by atoms with van der Waals surface area (Å²) in [7, 11) is 0. The maximum Gasteiger partial charge on any atom is 0.284 e. The third-order valence-corrected chi connectivity index (χ3v) is 6.27. The number of β-amino-alcohol motifs (C(OH)–C–C–N with tert-alkyl or cyclic N) is 1. The van der Waals surface area contributed by atoms with Gasteiger partial charge in [-0.1, -0.05) is 23.7 Å². The van der Waals surface area contributed by atoms with Gasteiger partial charge in [-0.15, -0.1) is 12.4 Å². The molecule has 0 radical (unpaired) electrons. The number of carbonyl (C=O) groups excluding carboxylic acids is 1. The molecule has 178 valence electrons. The van der Waals surface area contributed by atoms with Crippen LogP contribution in [-0.4, -0.2) is 69.9 Å². The van der Waals surface area contributed by atoms with Crippen LogP contribution < -0.4 is 5.56 Å². The van der Waals surface area contributed by atoms with Crippen LogP contribution in [0.2, 0.25) is 5.02 Å². The highest BCUT2D eigenvalue weighted by Crippen LogP contribution is 2.32. The number of hydrogen-bond acceptors (Lipinski definition) is 6. The number of para-hydroxylation sites is 1. The zero-order chi connectivity index (χ0) is 22.9. The lowest BCUT2D eigenvalue weighted by atomic mass is 10.0. The van der Waals surface area contributed by atoms with Crippen LogP contribution in [0.3, 0.4) is 0 Å². The number of amides is 1. The smallest absolute Gasteiger partial charge is 0.284 e. The van der Waals surface area contributed by atoms with Crippen LogP contribution >= 0.6 is 24.0 Å². The molecule has 0 aliphatic carbocycles. The van der Waals surface area contributed by atoms with Gasteiger partial charge in [0.05, 0.1) is 18.7 Å². The lowest BCUT2D eigenvalue weighted by molar-refractivity contribution is -0.132. The Hall–Kier alpha value is -2.91. The van der Waals surface area contributed by atoms with Gasteiger partial charge >= 0.3 is 0 Å². The molecule has 34 heavy (non-hydrogen) atoms. The fourth-order valence-corrected chi connectivity index (χ4v) is 4.40. The molecule has 1 saturated heterocycles. The summed E-state index contributed by atoms with van der Waals surface area (Å²) in [6, 6.07) is 14.2. The summed E-state index contributed by atoms with van der Waals surface area (Å²) >= 11 is 6.00. The minimum Gasteiger partial charge on any atom is -0.460 e. The topological polar surface area (TPSA) is 91.8 Å². The van der Waals surface area contributed by atoms with Crippen LogP contribution in [0, 0.1) is 0 Å². The summed E-state index contributed by atoms with van der Waals surface area (Å²) < 4.78 is 7.40. The third kappa shape index (κ3) is 4.54. The van der Waals surface area contributed by atoms with Crippen LogP contribution in [0.5, 0.6) is 0 Å². The zero-order valence-electron chi connectivity index (χ0n) is 18.3. The number of benzene rings is 2. The Morgan fingerprint density at radius 2 is 1.76 bits per heavy atom. The monoisotopic (exact) mass is 502 g/mol. The van der Waals surface area contributed by atoms with Gasteiger partial charge in [0, 0.05) is 43.1 Å². The summed E-state index contributed by atoms with van der Waals surface area (Å²) in [5.41, 5.74) is 1.64. The number of aliphatic hydroxyl groups is 1. The summed E-state index contributed by atoms with van der Waals surface area (Å²) in [6.07, 6.45) is -0.0249. The van der Waals surface area contributed by atoms with Crippen LogP contribution in [0.4, 0.5) is 0 Å². The van der Waals surface area contributed by atoms with E-state index in [1.807, 2.05) is 24.3 Å². The molecule has 8 nitrogen and oxygen atoms in total. The predicted molar refractivity (Wildman–Crippen MR) is 132 cm³/mol. The van der Waals surface area contributed by atoms with Crippen molar-refractivity contribution in [3.05, 3.63) is 69.7 Å². The fraction of sp³-hybridized carbons (Fsp3) is 0.292. The molecule has 3 aliphatic heterocycles. The van der Waals surface area contributed by atoms with Crippen LogP contribution in [0.25, 0.3) is 27.9 Å². The number of hydrogen-bond donors (Lipinski definition) is 1.